The van der Waals surface area contributed by atoms with Gasteiger partial charge in [-0.1, -0.05) is 58.4 Å². The quantitative estimate of drug-likeness (QED) is 0.422. The highest BCUT2D eigenvalue weighted by molar-refractivity contribution is 9.10. The van der Waals surface area contributed by atoms with E-state index in [0.29, 0.717) is 5.56 Å². The van der Waals surface area contributed by atoms with E-state index in [1.165, 1.54) is 5.56 Å². The molecule has 5 heteroatoms. The lowest BCUT2D eigenvalue weighted by molar-refractivity contribution is 0.0937. The topological polar surface area (TPSA) is 46.9 Å². The van der Waals surface area contributed by atoms with Crippen molar-refractivity contribution in [1.82, 2.24) is 14.9 Å². The van der Waals surface area contributed by atoms with Gasteiger partial charge in [0.1, 0.15) is 5.82 Å². The summed E-state index contributed by atoms with van der Waals surface area (Å²) in [7, 11) is 0. The number of nitrogens with one attached hydrogen (secondary N) is 1. The molecule has 29 heavy (non-hydrogen) atoms. The molecule has 146 valence electrons. The van der Waals surface area contributed by atoms with E-state index in [2.05, 4.69) is 56.1 Å². The monoisotopic (exact) mass is 447 g/mol. The highest BCUT2D eigenvalue weighted by Crippen LogP contribution is 2.22. The lowest BCUT2D eigenvalue weighted by Gasteiger charge is -2.16. The van der Waals surface area contributed by atoms with Gasteiger partial charge in [-0.25, -0.2) is 4.98 Å². The minimum absolute atomic E-state index is 0.105. The van der Waals surface area contributed by atoms with Crippen LogP contribution in [0.15, 0.2) is 83.3 Å². The van der Waals surface area contributed by atoms with Gasteiger partial charge >= 0.3 is 0 Å². The highest BCUT2D eigenvalue weighted by Gasteiger charge is 2.19. The van der Waals surface area contributed by atoms with Crippen molar-refractivity contribution in [2.24, 2.45) is 0 Å². The first-order chi connectivity index (χ1) is 14.1. The van der Waals surface area contributed by atoms with Gasteiger partial charge in [-0.2, -0.15) is 0 Å². The summed E-state index contributed by atoms with van der Waals surface area (Å²) in [4.78, 5) is 17.5. The summed E-state index contributed by atoms with van der Waals surface area (Å²) < 4.78 is 3.17. The second kappa shape index (κ2) is 8.62. The van der Waals surface area contributed by atoms with Crippen molar-refractivity contribution >= 4 is 32.9 Å². The van der Waals surface area contributed by atoms with Gasteiger partial charge in [0, 0.05) is 16.6 Å². The number of benzene rings is 3. The molecule has 3 aromatic carbocycles. The first-order valence-electron chi connectivity index (χ1n) is 9.67. The van der Waals surface area contributed by atoms with Gasteiger partial charge in [0.2, 0.25) is 0 Å². The van der Waals surface area contributed by atoms with Crippen LogP contribution in [0.5, 0.6) is 0 Å². The van der Waals surface area contributed by atoms with E-state index >= 15 is 0 Å². The molecule has 1 aromatic heterocycles. The van der Waals surface area contributed by atoms with Crippen LogP contribution in [0.2, 0.25) is 0 Å². The lowest BCUT2D eigenvalue weighted by atomic mass is 10.1. The second-order valence-corrected chi connectivity index (χ2v) is 7.96. The summed E-state index contributed by atoms with van der Waals surface area (Å²) in [6, 6.07) is 25.7. The zero-order valence-corrected chi connectivity index (χ0v) is 17.8. The number of nitrogens with zero attached hydrogens (tertiary/aromatic N) is 2. The van der Waals surface area contributed by atoms with Crippen molar-refractivity contribution in [3.8, 4) is 0 Å². The van der Waals surface area contributed by atoms with Crippen LogP contribution in [0.1, 0.15) is 34.7 Å². The Labute approximate surface area is 178 Å². The maximum atomic E-state index is 12.7. The van der Waals surface area contributed by atoms with Crippen molar-refractivity contribution in [1.29, 1.82) is 0 Å². The molecule has 0 fully saturated rings. The molecule has 4 aromatic rings. The van der Waals surface area contributed by atoms with E-state index in [4.69, 9.17) is 4.98 Å². The van der Waals surface area contributed by atoms with E-state index in [0.717, 1.165) is 34.3 Å². The predicted octanol–water partition coefficient (Wildman–Crippen LogP) is 5.53. The van der Waals surface area contributed by atoms with Crippen molar-refractivity contribution in [2.75, 3.05) is 0 Å². The average Bonchev–Trinajstić information content (AvgIpc) is 3.12. The van der Waals surface area contributed by atoms with E-state index in [9.17, 15) is 4.79 Å². The molecule has 1 atom stereocenters. The summed E-state index contributed by atoms with van der Waals surface area (Å²) in [5.41, 5.74) is 3.94. The van der Waals surface area contributed by atoms with Gasteiger partial charge in [-0.15, -0.1) is 0 Å². The molecule has 0 aliphatic carbocycles. The molecule has 4 rings (SSSR count). The Kier molecular flexibility index (Phi) is 5.76. The zero-order chi connectivity index (χ0) is 20.2. The predicted molar refractivity (Wildman–Crippen MR) is 120 cm³/mol. The Balaban J connectivity index is 1.60. The van der Waals surface area contributed by atoms with Crippen molar-refractivity contribution in [2.45, 2.75) is 25.9 Å². The van der Waals surface area contributed by atoms with E-state index < -0.39 is 0 Å². The molecule has 1 heterocycles. The molecule has 0 bridgehead atoms. The molecular formula is C24H22BrN3O. The number of imidazole rings is 1. The molecule has 0 aliphatic heterocycles. The van der Waals surface area contributed by atoms with Gasteiger partial charge < -0.3 is 9.88 Å². The van der Waals surface area contributed by atoms with Gasteiger partial charge in [-0.3, -0.25) is 4.79 Å². The van der Waals surface area contributed by atoms with Crippen molar-refractivity contribution in [3.05, 3.63) is 100 Å². The van der Waals surface area contributed by atoms with Crippen molar-refractivity contribution < 1.29 is 4.79 Å². The van der Waals surface area contributed by atoms with Gasteiger partial charge in [-0.05, 0) is 55.3 Å². The Morgan fingerprint density at radius 2 is 1.69 bits per heavy atom. The number of carbonyl (C=O) groups excluding carboxylic acids is 1. The summed E-state index contributed by atoms with van der Waals surface area (Å²) >= 11 is 3.40. The minimum atomic E-state index is -0.214. The van der Waals surface area contributed by atoms with Gasteiger partial charge in [0.05, 0.1) is 17.1 Å². The number of aryl methyl sites for hydroxylation is 2. The maximum absolute atomic E-state index is 12.7. The molecule has 1 N–H and O–H groups in total. The van der Waals surface area contributed by atoms with Crippen LogP contribution in [-0.4, -0.2) is 15.5 Å². The second-order valence-electron chi connectivity index (χ2n) is 7.05. The first-order valence-corrected chi connectivity index (χ1v) is 10.5. The number of hydrogen-bond donors (Lipinski definition) is 1. The Hall–Kier alpha value is -2.92. The fraction of sp³-hybridized carbons (Fsp3) is 0.167. The number of amides is 1. The Morgan fingerprint density at radius 1 is 1.00 bits per heavy atom. The third-order valence-electron chi connectivity index (χ3n) is 4.99. The molecular weight excluding hydrogens is 426 g/mol. The van der Waals surface area contributed by atoms with Crippen LogP contribution in [0.4, 0.5) is 0 Å². The number of fused-ring (bicyclic) bond motifs is 1. The highest BCUT2D eigenvalue weighted by atomic mass is 79.9. The minimum Gasteiger partial charge on any atom is -0.342 e. The number of hydrogen-bond acceptors (Lipinski definition) is 2. The third kappa shape index (κ3) is 4.40. The van der Waals surface area contributed by atoms with E-state index in [1.54, 1.807) is 0 Å². The van der Waals surface area contributed by atoms with Crippen LogP contribution in [0.25, 0.3) is 11.0 Å². The van der Waals surface area contributed by atoms with Crippen LogP contribution in [0, 0.1) is 0 Å². The number of para-hydroxylation sites is 2. The van der Waals surface area contributed by atoms with Gasteiger partial charge in [0.25, 0.3) is 5.91 Å². The molecule has 0 saturated heterocycles. The summed E-state index contributed by atoms with van der Waals surface area (Å²) in [5, 5.41) is 3.09. The average molecular weight is 448 g/mol. The Bertz CT molecular complexity index is 1120. The standard InChI is InChI=1S/C24H22BrN3O/c1-17(26-24(29)19-11-13-20(25)14-12-19)23-27-21-9-5-6-10-22(21)28(23)16-15-18-7-3-2-4-8-18/h2-14,17H,15-16H2,1H3,(H,26,29). The number of aromatic nitrogens is 2. The van der Waals surface area contributed by atoms with Crippen LogP contribution < -0.4 is 5.32 Å². The summed E-state index contributed by atoms with van der Waals surface area (Å²) in [6.45, 7) is 2.79. The van der Waals surface area contributed by atoms with Crippen molar-refractivity contribution in [3.63, 3.8) is 0 Å². The zero-order valence-electron chi connectivity index (χ0n) is 16.2. The maximum Gasteiger partial charge on any atom is 0.251 e. The van der Waals surface area contributed by atoms with Crippen LogP contribution >= 0.6 is 15.9 Å². The molecule has 0 saturated carbocycles. The number of carbonyl (C=O) groups is 1. The molecule has 4 nitrogen and oxygen atoms in total. The lowest BCUT2D eigenvalue weighted by Crippen LogP contribution is -2.28. The smallest absolute Gasteiger partial charge is 0.251 e. The van der Waals surface area contributed by atoms with Crippen LogP contribution in [0.3, 0.4) is 0 Å². The first kappa shape index (κ1) is 19.4. The normalized spacial score (nSPS) is 12.1. The molecule has 1 unspecified atom stereocenters. The fourth-order valence-electron chi connectivity index (χ4n) is 3.49. The summed E-state index contributed by atoms with van der Waals surface area (Å²) in [6.07, 6.45) is 0.904. The molecule has 0 radical (unpaired) electrons. The molecule has 0 spiro atoms. The fourth-order valence-corrected chi connectivity index (χ4v) is 3.76. The molecule has 0 aliphatic rings. The van der Waals surface area contributed by atoms with E-state index in [-0.39, 0.29) is 11.9 Å². The third-order valence-corrected chi connectivity index (χ3v) is 5.52. The number of halogens is 1. The molecule has 1 amide bonds. The Morgan fingerprint density at radius 3 is 2.45 bits per heavy atom. The van der Waals surface area contributed by atoms with Gasteiger partial charge in [0.15, 0.2) is 0 Å². The van der Waals surface area contributed by atoms with E-state index in [1.807, 2.05) is 55.5 Å². The largest absolute Gasteiger partial charge is 0.342 e. The van der Waals surface area contributed by atoms with Crippen LogP contribution in [-0.2, 0) is 13.0 Å². The summed E-state index contributed by atoms with van der Waals surface area (Å²) in [5.74, 6) is 0.763. The number of rotatable bonds is 6. The SMILES string of the molecule is CC(NC(=O)c1ccc(Br)cc1)c1nc2ccccc2n1CCc1ccccc1.